The van der Waals surface area contributed by atoms with E-state index in [1.807, 2.05) is 13.0 Å². The van der Waals surface area contributed by atoms with Gasteiger partial charge in [0, 0.05) is 0 Å². The molecule has 0 heterocycles. The van der Waals surface area contributed by atoms with Crippen LogP contribution in [0.5, 0.6) is 0 Å². The summed E-state index contributed by atoms with van der Waals surface area (Å²) >= 11 is 0. The lowest BCUT2D eigenvalue weighted by Gasteiger charge is -2.22. The van der Waals surface area contributed by atoms with Gasteiger partial charge in [0.05, 0.1) is 24.6 Å². The molecule has 0 saturated carbocycles. The van der Waals surface area contributed by atoms with Crippen molar-refractivity contribution in [2.24, 2.45) is 0 Å². The summed E-state index contributed by atoms with van der Waals surface area (Å²) in [4.78, 5) is 34.1. The van der Waals surface area contributed by atoms with E-state index in [1.54, 1.807) is 12.1 Å². The van der Waals surface area contributed by atoms with Gasteiger partial charge >= 0.3 is 0 Å². The lowest BCUT2D eigenvalue weighted by molar-refractivity contribution is -0.114. The number of aryl methyl sites for hydroxylation is 1. The van der Waals surface area contributed by atoms with Crippen LogP contribution in [-0.4, -0.2) is 26.0 Å². The van der Waals surface area contributed by atoms with E-state index in [9.17, 15) is 9.59 Å². The second kappa shape index (κ2) is 14.2. The largest absolute Gasteiger partial charge is 0.276 e. The van der Waals surface area contributed by atoms with E-state index in [4.69, 9.17) is 9.68 Å². The molecule has 1 rings (SSSR count). The van der Waals surface area contributed by atoms with Crippen molar-refractivity contribution >= 4 is 24.2 Å². The second-order valence-electron chi connectivity index (χ2n) is 6.62. The maximum absolute atomic E-state index is 11.5. The maximum Gasteiger partial charge on any atom is 0.238 e. The molecule has 0 radical (unpaired) electrons. The Kier molecular flexibility index (Phi) is 12.1. The lowest BCUT2D eigenvalue weighted by Crippen LogP contribution is -2.25. The summed E-state index contributed by atoms with van der Waals surface area (Å²) in [5.74, 6) is 0. The Balaban J connectivity index is 2.71. The van der Waals surface area contributed by atoms with Crippen molar-refractivity contribution in [1.82, 2.24) is 0 Å². The minimum absolute atomic E-state index is 0.479. The molecule has 152 valence electrons. The zero-order valence-corrected chi connectivity index (χ0v) is 17.0. The molecule has 0 aliphatic rings. The van der Waals surface area contributed by atoms with Crippen LogP contribution in [0.25, 0.3) is 0 Å². The predicted molar refractivity (Wildman–Crippen MR) is 108 cm³/mol. The van der Waals surface area contributed by atoms with Gasteiger partial charge in [-0.05, 0) is 37.5 Å². The summed E-state index contributed by atoms with van der Waals surface area (Å²) < 4.78 is 0. The van der Waals surface area contributed by atoms with E-state index in [2.05, 4.69) is 13.8 Å². The van der Waals surface area contributed by atoms with Crippen molar-refractivity contribution in [3.63, 3.8) is 0 Å². The van der Waals surface area contributed by atoms with Crippen LogP contribution in [0.3, 0.4) is 0 Å². The quantitative estimate of drug-likeness (QED) is 0.232. The van der Waals surface area contributed by atoms with E-state index in [-0.39, 0.29) is 0 Å². The number of unbranched alkanes of at least 4 members (excludes halogenated alkanes) is 6. The maximum atomic E-state index is 11.5. The van der Waals surface area contributed by atoms with Crippen LogP contribution >= 0.6 is 0 Å². The number of amides is 2. The molecule has 0 N–H and O–H groups in total. The summed E-state index contributed by atoms with van der Waals surface area (Å²) in [6.07, 6.45) is 9.87. The Hall–Kier alpha value is -1.92. The van der Waals surface area contributed by atoms with Gasteiger partial charge in [0.15, 0.2) is 0 Å². The third-order valence-corrected chi connectivity index (χ3v) is 4.33. The number of hydroxylamine groups is 2. The zero-order chi connectivity index (χ0) is 19.9. The monoisotopic (exact) mass is 378 g/mol. The van der Waals surface area contributed by atoms with Gasteiger partial charge in [-0.25, -0.2) is 0 Å². The molecular formula is C21H34N2O4. The van der Waals surface area contributed by atoms with Gasteiger partial charge in [0.2, 0.25) is 12.8 Å². The number of carbonyl (C=O) groups excluding carboxylic acids is 2. The van der Waals surface area contributed by atoms with Crippen LogP contribution in [-0.2, 0) is 19.3 Å². The molecule has 0 spiro atoms. The molecule has 1 aromatic carbocycles. The number of carbonyl (C=O) groups is 2. The van der Waals surface area contributed by atoms with Crippen LogP contribution in [0.2, 0.25) is 0 Å². The summed E-state index contributed by atoms with van der Waals surface area (Å²) in [7, 11) is 0. The van der Waals surface area contributed by atoms with E-state index >= 15 is 0 Å². The fourth-order valence-electron chi connectivity index (χ4n) is 2.68. The number of benzene rings is 1. The molecule has 0 aliphatic heterocycles. The molecule has 0 saturated heterocycles. The highest BCUT2D eigenvalue weighted by atomic mass is 16.7. The molecule has 0 fully saturated rings. The standard InChI is InChI=1S/C21H34N2O4/c1-4-6-8-10-14-26-22(17-24)20-13-12-19(3)21(16-20)23(18-25)27-15-11-9-7-5-2/h12-13,16-18H,4-11,14-15H2,1-3H3. The van der Waals surface area contributed by atoms with E-state index in [1.165, 1.54) is 10.1 Å². The molecule has 0 unspecified atom stereocenters. The average molecular weight is 379 g/mol. The third kappa shape index (κ3) is 8.54. The summed E-state index contributed by atoms with van der Waals surface area (Å²) in [6.45, 7) is 7.16. The summed E-state index contributed by atoms with van der Waals surface area (Å²) in [5.41, 5.74) is 2.06. The van der Waals surface area contributed by atoms with E-state index < -0.39 is 0 Å². The van der Waals surface area contributed by atoms with Gasteiger partial charge in [-0.2, -0.15) is 10.1 Å². The van der Waals surface area contributed by atoms with Gasteiger partial charge in [-0.15, -0.1) is 0 Å². The molecule has 1 aromatic rings. The average Bonchev–Trinajstić information content (AvgIpc) is 2.69. The lowest BCUT2D eigenvalue weighted by atomic mass is 10.2. The molecule has 0 aliphatic carbocycles. The highest BCUT2D eigenvalue weighted by Crippen LogP contribution is 2.26. The first-order chi connectivity index (χ1) is 13.2. The smallest absolute Gasteiger partial charge is 0.238 e. The Labute approximate surface area is 163 Å². The molecule has 6 nitrogen and oxygen atoms in total. The van der Waals surface area contributed by atoms with Gasteiger partial charge in [-0.3, -0.25) is 19.3 Å². The van der Waals surface area contributed by atoms with Gasteiger partial charge in [0.25, 0.3) is 0 Å². The minimum atomic E-state index is 0.479. The fourth-order valence-corrected chi connectivity index (χ4v) is 2.68. The van der Waals surface area contributed by atoms with Gasteiger partial charge in [0.1, 0.15) is 0 Å². The van der Waals surface area contributed by atoms with Crippen LogP contribution in [0.1, 0.15) is 70.8 Å². The van der Waals surface area contributed by atoms with Crippen molar-refractivity contribution in [3.8, 4) is 0 Å². The molecule has 0 aromatic heterocycles. The van der Waals surface area contributed by atoms with Crippen LogP contribution < -0.4 is 10.1 Å². The Morgan fingerprint density at radius 1 is 0.815 bits per heavy atom. The van der Waals surface area contributed by atoms with Gasteiger partial charge < -0.3 is 0 Å². The Morgan fingerprint density at radius 3 is 1.89 bits per heavy atom. The molecule has 27 heavy (non-hydrogen) atoms. The molecule has 2 amide bonds. The Bertz CT molecular complexity index is 551. The Morgan fingerprint density at radius 2 is 1.37 bits per heavy atom. The van der Waals surface area contributed by atoms with Crippen molar-refractivity contribution < 1.29 is 19.3 Å². The second-order valence-corrected chi connectivity index (χ2v) is 6.62. The van der Waals surface area contributed by atoms with Crippen LogP contribution in [0.4, 0.5) is 11.4 Å². The van der Waals surface area contributed by atoms with Crippen molar-refractivity contribution in [3.05, 3.63) is 23.8 Å². The predicted octanol–water partition coefficient (Wildman–Crippen LogP) is 4.94. The number of rotatable bonds is 16. The molecular weight excluding hydrogens is 344 g/mol. The first-order valence-corrected chi connectivity index (χ1v) is 10.0. The van der Waals surface area contributed by atoms with E-state index in [0.717, 1.165) is 56.9 Å². The SMILES string of the molecule is CCCCCCON(C=O)c1ccc(C)c(N(C=O)OCCCCCC)c1. The highest BCUT2D eigenvalue weighted by Gasteiger charge is 2.14. The highest BCUT2D eigenvalue weighted by molar-refractivity contribution is 5.80. The van der Waals surface area contributed by atoms with E-state index in [0.29, 0.717) is 37.4 Å². The number of anilines is 2. The van der Waals surface area contributed by atoms with Crippen LogP contribution in [0.15, 0.2) is 18.2 Å². The zero-order valence-electron chi connectivity index (χ0n) is 17.0. The molecule has 0 bridgehead atoms. The summed E-state index contributed by atoms with van der Waals surface area (Å²) in [5, 5.41) is 2.44. The first-order valence-electron chi connectivity index (χ1n) is 10.0. The van der Waals surface area contributed by atoms with Crippen molar-refractivity contribution in [1.29, 1.82) is 0 Å². The number of nitrogens with zero attached hydrogens (tertiary/aromatic N) is 2. The third-order valence-electron chi connectivity index (χ3n) is 4.33. The summed E-state index contributed by atoms with van der Waals surface area (Å²) in [6, 6.07) is 5.37. The fraction of sp³-hybridized carbons (Fsp3) is 0.619. The normalized spacial score (nSPS) is 10.6. The van der Waals surface area contributed by atoms with Gasteiger partial charge in [-0.1, -0.05) is 58.4 Å². The molecule has 6 heteroatoms. The van der Waals surface area contributed by atoms with Crippen LogP contribution in [0, 0.1) is 6.92 Å². The number of hydrogen-bond donors (Lipinski definition) is 0. The first kappa shape index (κ1) is 23.1. The minimum Gasteiger partial charge on any atom is -0.276 e. The topological polar surface area (TPSA) is 59.1 Å². The van der Waals surface area contributed by atoms with Crippen molar-refractivity contribution in [2.45, 2.75) is 72.1 Å². The number of hydrogen-bond acceptors (Lipinski definition) is 4. The van der Waals surface area contributed by atoms with Crippen molar-refractivity contribution in [2.75, 3.05) is 23.3 Å². The molecule has 0 atom stereocenters.